The van der Waals surface area contributed by atoms with Crippen molar-refractivity contribution < 1.29 is 4.74 Å². The Morgan fingerprint density at radius 1 is 0.815 bits per heavy atom. The Hall–Kier alpha value is -1.34. The van der Waals surface area contributed by atoms with Crippen LogP contribution in [0.3, 0.4) is 0 Å². The first-order valence-corrected chi connectivity index (χ1v) is 11.2. The lowest BCUT2D eigenvalue weighted by molar-refractivity contribution is 0.148. The van der Waals surface area contributed by atoms with Gasteiger partial charge in [-0.1, -0.05) is 48.6 Å². The van der Waals surface area contributed by atoms with E-state index in [9.17, 15) is 0 Å². The van der Waals surface area contributed by atoms with Gasteiger partial charge in [0.05, 0.1) is 13.2 Å². The van der Waals surface area contributed by atoms with Crippen molar-refractivity contribution in [2.75, 3.05) is 6.61 Å². The molecular formula is C26H38O. The largest absolute Gasteiger partial charge is 0.373 e. The molecule has 0 aromatic heterocycles. The van der Waals surface area contributed by atoms with Gasteiger partial charge in [-0.3, -0.25) is 0 Å². The quantitative estimate of drug-likeness (QED) is 0.360. The molecule has 3 rings (SSSR count). The topological polar surface area (TPSA) is 9.23 Å². The fourth-order valence-electron chi connectivity index (χ4n) is 5.23. The van der Waals surface area contributed by atoms with Gasteiger partial charge >= 0.3 is 0 Å². The summed E-state index contributed by atoms with van der Waals surface area (Å²) in [6.07, 6.45) is 20.2. The lowest BCUT2D eigenvalue weighted by Gasteiger charge is -2.37. The Morgan fingerprint density at radius 2 is 1.44 bits per heavy atom. The van der Waals surface area contributed by atoms with E-state index in [1.54, 1.807) is 5.56 Å². The number of rotatable bonds is 7. The summed E-state index contributed by atoms with van der Waals surface area (Å²) in [6.45, 7) is 5.62. The van der Waals surface area contributed by atoms with Crippen LogP contribution in [-0.2, 0) is 11.3 Å². The van der Waals surface area contributed by atoms with E-state index in [1.165, 1.54) is 56.9 Å². The SMILES string of the molecule is C/C=C\C1CCC(C2CCC(c3ccc(COC/C=C/C)cc3)CC2)CC1. The van der Waals surface area contributed by atoms with Gasteiger partial charge < -0.3 is 4.74 Å². The molecule has 0 N–H and O–H groups in total. The number of allylic oxidation sites excluding steroid dienone is 3. The minimum absolute atomic E-state index is 0.707. The van der Waals surface area contributed by atoms with E-state index in [0.29, 0.717) is 13.2 Å². The fourth-order valence-corrected chi connectivity index (χ4v) is 5.23. The van der Waals surface area contributed by atoms with Gasteiger partial charge in [-0.05, 0) is 100 Å². The zero-order valence-corrected chi connectivity index (χ0v) is 17.4. The van der Waals surface area contributed by atoms with Crippen LogP contribution in [-0.4, -0.2) is 6.61 Å². The van der Waals surface area contributed by atoms with Crippen molar-refractivity contribution in [1.29, 1.82) is 0 Å². The van der Waals surface area contributed by atoms with Crippen LogP contribution in [0.25, 0.3) is 0 Å². The van der Waals surface area contributed by atoms with Crippen molar-refractivity contribution in [3.05, 3.63) is 59.7 Å². The second-order valence-electron chi connectivity index (χ2n) is 8.64. The number of benzene rings is 1. The van der Waals surface area contributed by atoms with Gasteiger partial charge in [-0.15, -0.1) is 0 Å². The van der Waals surface area contributed by atoms with E-state index >= 15 is 0 Å². The lowest BCUT2D eigenvalue weighted by Crippen LogP contribution is -2.25. The molecule has 0 spiro atoms. The molecule has 2 aliphatic carbocycles. The molecule has 0 aliphatic heterocycles. The fraction of sp³-hybridized carbons (Fsp3) is 0.615. The van der Waals surface area contributed by atoms with Crippen molar-refractivity contribution in [2.45, 2.75) is 77.7 Å². The Labute approximate surface area is 166 Å². The van der Waals surface area contributed by atoms with Crippen LogP contribution in [0.1, 0.15) is 82.3 Å². The highest BCUT2D eigenvalue weighted by Gasteiger charge is 2.30. The molecular weight excluding hydrogens is 328 g/mol. The third-order valence-electron chi connectivity index (χ3n) is 6.89. The average molecular weight is 367 g/mol. The van der Waals surface area contributed by atoms with Crippen LogP contribution in [0.4, 0.5) is 0 Å². The van der Waals surface area contributed by atoms with Gasteiger partial charge in [0.1, 0.15) is 0 Å². The molecule has 1 aromatic carbocycles. The molecule has 1 aromatic rings. The second kappa shape index (κ2) is 10.9. The molecule has 1 heteroatoms. The smallest absolute Gasteiger partial charge is 0.0721 e. The summed E-state index contributed by atoms with van der Waals surface area (Å²) in [5, 5.41) is 0. The second-order valence-corrected chi connectivity index (χ2v) is 8.64. The van der Waals surface area contributed by atoms with E-state index in [1.807, 2.05) is 13.0 Å². The molecule has 27 heavy (non-hydrogen) atoms. The van der Waals surface area contributed by atoms with Crippen LogP contribution < -0.4 is 0 Å². The van der Waals surface area contributed by atoms with Gasteiger partial charge in [0.15, 0.2) is 0 Å². The lowest BCUT2D eigenvalue weighted by atomic mass is 9.68. The molecule has 0 radical (unpaired) electrons. The van der Waals surface area contributed by atoms with Crippen LogP contribution in [0.5, 0.6) is 0 Å². The first-order valence-electron chi connectivity index (χ1n) is 11.2. The van der Waals surface area contributed by atoms with Crippen molar-refractivity contribution in [3.8, 4) is 0 Å². The zero-order chi connectivity index (χ0) is 18.9. The van der Waals surface area contributed by atoms with Crippen LogP contribution in [0, 0.1) is 17.8 Å². The van der Waals surface area contributed by atoms with Gasteiger partial charge in [0, 0.05) is 0 Å². The van der Waals surface area contributed by atoms with E-state index < -0.39 is 0 Å². The summed E-state index contributed by atoms with van der Waals surface area (Å²) in [4.78, 5) is 0. The average Bonchev–Trinajstić information content (AvgIpc) is 2.73. The monoisotopic (exact) mass is 366 g/mol. The minimum Gasteiger partial charge on any atom is -0.373 e. The summed E-state index contributed by atoms with van der Waals surface area (Å²) in [5.41, 5.74) is 2.83. The molecule has 1 nitrogen and oxygen atoms in total. The van der Waals surface area contributed by atoms with Crippen LogP contribution >= 0.6 is 0 Å². The molecule has 0 bridgehead atoms. The zero-order valence-electron chi connectivity index (χ0n) is 17.4. The summed E-state index contributed by atoms with van der Waals surface area (Å²) in [5.74, 6) is 3.64. The third kappa shape index (κ3) is 6.07. The Bertz CT molecular complexity index is 581. The van der Waals surface area contributed by atoms with Crippen LogP contribution in [0.15, 0.2) is 48.6 Å². The Balaban J connectivity index is 1.42. The van der Waals surface area contributed by atoms with Gasteiger partial charge in [-0.2, -0.15) is 0 Å². The van der Waals surface area contributed by atoms with Crippen molar-refractivity contribution >= 4 is 0 Å². The van der Waals surface area contributed by atoms with Gasteiger partial charge in [-0.25, -0.2) is 0 Å². The summed E-state index contributed by atoms with van der Waals surface area (Å²) in [7, 11) is 0. The third-order valence-corrected chi connectivity index (χ3v) is 6.89. The summed E-state index contributed by atoms with van der Waals surface area (Å²) >= 11 is 0. The number of hydrogen-bond acceptors (Lipinski definition) is 1. The first-order chi connectivity index (χ1) is 13.3. The highest BCUT2D eigenvalue weighted by atomic mass is 16.5. The number of ether oxygens (including phenoxy) is 1. The van der Waals surface area contributed by atoms with E-state index in [-0.39, 0.29) is 0 Å². The van der Waals surface area contributed by atoms with Crippen molar-refractivity contribution in [3.63, 3.8) is 0 Å². The minimum atomic E-state index is 0.707. The highest BCUT2D eigenvalue weighted by Crippen LogP contribution is 2.44. The molecule has 0 heterocycles. The van der Waals surface area contributed by atoms with Crippen molar-refractivity contribution in [1.82, 2.24) is 0 Å². The molecule has 148 valence electrons. The normalized spacial score (nSPS) is 29.6. The summed E-state index contributed by atoms with van der Waals surface area (Å²) in [6, 6.07) is 9.22. The molecule has 2 aliphatic rings. The van der Waals surface area contributed by atoms with E-state index in [0.717, 1.165) is 23.7 Å². The molecule has 2 fully saturated rings. The van der Waals surface area contributed by atoms with Crippen molar-refractivity contribution in [2.24, 2.45) is 17.8 Å². The van der Waals surface area contributed by atoms with Gasteiger partial charge in [0.25, 0.3) is 0 Å². The van der Waals surface area contributed by atoms with E-state index in [4.69, 9.17) is 4.74 Å². The predicted octanol–water partition coefficient (Wildman–Crippen LogP) is 7.44. The molecule has 2 saturated carbocycles. The predicted molar refractivity (Wildman–Crippen MR) is 116 cm³/mol. The summed E-state index contributed by atoms with van der Waals surface area (Å²) < 4.78 is 5.66. The first kappa shape index (κ1) is 20.4. The Morgan fingerprint density at radius 3 is 2.04 bits per heavy atom. The maximum Gasteiger partial charge on any atom is 0.0721 e. The standard InChI is InChI=1S/C26H38O/c1-3-5-19-27-20-22-9-13-24(14-10-22)26-17-15-25(16-18-26)23-11-7-21(6-4-2)8-12-23/h3-6,9-10,13-14,21,23,25-26H,7-8,11-12,15-20H2,1-2H3/b5-3+,6-4-. The number of hydrogen-bond donors (Lipinski definition) is 0. The highest BCUT2D eigenvalue weighted by molar-refractivity contribution is 5.25. The van der Waals surface area contributed by atoms with E-state index in [2.05, 4.69) is 49.4 Å². The molecule has 0 saturated heterocycles. The maximum atomic E-state index is 5.66. The van der Waals surface area contributed by atoms with Crippen LogP contribution in [0.2, 0.25) is 0 Å². The molecule has 0 amide bonds. The van der Waals surface area contributed by atoms with Gasteiger partial charge in [0.2, 0.25) is 0 Å². The maximum absolute atomic E-state index is 5.66. The molecule has 0 atom stereocenters. The Kier molecular flexibility index (Phi) is 8.20. The molecule has 0 unspecified atom stereocenters.